The van der Waals surface area contributed by atoms with Gasteiger partial charge in [0.1, 0.15) is 5.76 Å². The molecule has 0 aliphatic heterocycles. The molecule has 1 aromatic heterocycles. The smallest absolute Gasteiger partial charge is 0.138 e. The Morgan fingerprint density at radius 3 is 2.50 bits per heavy atom. The van der Waals surface area contributed by atoms with E-state index in [1.54, 1.807) is 0 Å². The zero-order valence-electron chi connectivity index (χ0n) is 10.5. The third kappa shape index (κ3) is 2.46. The molecule has 3 nitrogen and oxygen atoms in total. The molecule has 1 unspecified atom stereocenters. The SMILES string of the molecule is Cc1noc(C)c1C(C)NC1CCCCC1. The maximum Gasteiger partial charge on any atom is 0.138 e. The van der Waals surface area contributed by atoms with Crippen LogP contribution in [0.25, 0.3) is 0 Å². The van der Waals surface area contributed by atoms with Gasteiger partial charge in [0, 0.05) is 17.6 Å². The summed E-state index contributed by atoms with van der Waals surface area (Å²) in [6.07, 6.45) is 6.76. The summed E-state index contributed by atoms with van der Waals surface area (Å²) < 4.78 is 5.22. The molecule has 0 saturated heterocycles. The van der Waals surface area contributed by atoms with Crippen LogP contribution in [0, 0.1) is 13.8 Å². The molecule has 1 aromatic rings. The van der Waals surface area contributed by atoms with Gasteiger partial charge < -0.3 is 9.84 Å². The Morgan fingerprint density at radius 2 is 1.94 bits per heavy atom. The van der Waals surface area contributed by atoms with E-state index in [4.69, 9.17) is 4.52 Å². The standard InChI is InChI=1S/C13H22N2O/c1-9(13-10(2)15-16-11(13)3)14-12-7-5-4-6-8-12/h9,12,14H,4-8H2,1-3H3. The van der Waals surface area contributed by atoms with Gasteiger partial charge in [0.25, 0.3) is 0 Å². The molecular weight excluding hydrogens is 200 g/mol. The Balaban J connectivity index is 1.99. The molecule has 1 saturated carbocycles. The summed E-state index contributed by atoms with van der Waals surface area (Å²) in [7, 11) is 0. The van der Waals surface area contributed by atoms with Crippen LogP contribution in [0.15, 0.2) is 4.52 Å². The highest BCUT2D eigenvalue weighted by Crippen LogP contribution is 2.24. The normalized spacial score (nSPS) is 19.9. The number of nitrogens with one attached hydrogen (secondary N) is 1. The molecule has 3 heteroatoms. The first-order chi connectivity index (χ1) is 7.68. The molecule has 16 heavy (non-hydrogen) atoms. The molecule has 1 aliphatic carbocycles. The van der Waals surface area contributed by atoms with E-state index in [0.717, 1.165) is 11.5 Å². The second kappa shape index (κ2) is 5.00. The number of hydrogen-bond acceptors (Lipinski definition) is 3. The van der Waals surface area contributed by atoms with Gasteiger partial charge >= 0.3 is 0 Å². The Kier molecular flexibility index (Phi) is 3.64. The number of aromatic nitrogens is 1. The lowest BCUT2D eigenvalue weighted by Crippen LogP contribution is -2.33. The Bertz CT molecular complexity index is 320. The number of aryl methyl sites for hydroxylation is 2. The minimum Gasteiger partial charge on any atom is -0.361 e. The largest absolute Gasteiger partial charge is 0.361 e. The fraction of sp³-hybridized carbons (Fsp3) is 0.769. The molecule has 1 atom stereocenters. The molecule has 0 aromatic carbocycles. The average molecular weight is 222 g/mol. The van der Waals surface area contributed by atoms with Crippen molar-refractivity contribution in [1.82, 2.24) is 10.5 Å². The van der Waals surface area contributed by atoms with E-state index in [0.29, 0.717) is 12.1 Å². The minimum absolute atomic E-state index is 0.356. The lowest BCUT2D eigenvalue weighted by Gasteiger charge is -2.26. The van der Waals surface area contributed by atoms with Gasteiger partial charge in [0.2, 0.25) is 0 Å². The Hall–Kier alpha value is -0.830. The molecular formula is C13H22N2O. The first-order valence-corrected chi connectivity index (χ1v) is 6.37. The lowest BCUT2D eigenvalue weighted by molar-refractivity contribution is 0.343. The molecule has 90 valence electrons. The van der Waals surface area contributed by atoms with Gasteiger partial charge in [-0.25, -0.2) is 0 Å². The fourth-order valence-corrected chi connectivity index (χ4v) is 2.81. The maximum absolute atomic E-state index is 5.22. The number of hydrogen-bond donors (Lipinski definition) is 1. The predicted octanol–water partition coefficient (Wildman–Crippen LogP) is 3.27. The first-order valence-electron chi connectivity index (χ1n) is 6.37. The molecule has 0 radical (unpaired) electrons. The minimum atomic E-state index is 0.356. The van der Waals surface area contributed by atoms with Crippen LogP contribution in [0.5, 0.6) is 0 Å². The van der Waals surface area contributed by atoms with Gasteiger partial charge in [0.05, 0.1) is 5.69 Å². The summed E-state index contributed by atoms with van der Waals surface area (Å²) in [6, 6.07) is 1.03. The van der Waals surface area contributed by atoms with Crippen LogP contribution in [0.1, 0.15) is 62.1 Å². The van der Waals surface area contributed by atoms with E-state index in [9.17, 15) is 0 Å². The van der Waals surface area contributed by atoms with Crippen LogP contribution in [-0.4, -0.2) is 11.2 Å². The van der Waals surface area contributed by atoms with Crippen molar-refractivity contribution < 1.29 is 4.52 Å². The first kappa shape index (κ1) is 11.6. The summed E-state index contributed by atoms with van der Waals surface area (Å²) >= 11 is 0. The molecule has 0 spiro atoms. The van der Waals surface area contributed by atoms with E-state index in [2.05, 4.69) is 17.4 Å². The van der Waals surface area contributed by atoms with Crippen LogP contribution in [-0.2, 0) is 0 Å². The maximum atomic E-state index is 5.22. The van der Waals surface area contributed by atoms with E-state index in [-0.39, 0.29) is 0 Å². The molecule has 1 heterocycles. The summed E-state index contributed by atoms with van der Waals surface area (Å²) in [4.78, 5) is 0. The second-order valence-electron chi connectivity index (χ2n) is 4.96. The highest BCUT2D eigenvalue weighted by atomic mass is 16.5. The van der Waals surface area contributed by atoms with Crippen molar-refractivity contribution in [3.05, 3.63) is 17.0 Å². The van der Waals surface area contributed by atoms with Crippen molar-refractivity contribution >= 4 is 0 Å². The van der Waals surface area contributed by atoms with Crippen molar-refractivity contribution in [2.75, 3.05) is 0 Å². The van der Waals surface area contributed by atoms with Crippen LogP contribution in [0.4, 0.5) is 0 Å². The summed E-state index contributed by atoms with van der Waals surface area (Å²) in [5.41, 5.74) is 2.26. The highest BCUT2D eigenvalue weighted by molar-refractivity contribution is 5.24. The summed E-state index contributed by atoms with van der Waals surface area (Å²) in [5.74, 6) is 0.952. The fourth-order valence-electron chi connectivity index (χ4n) is 2.81. The third-order valence-electron chi connectivity index (χ3n) is 3.61. The van der Waals surface area contributed by atoms with Crippen molar-refractivity contribution in [3.8, 4) is 0 Å². The average Bonchev–Trinajstić information content (AvgIpc) is 2.60. The van der Waals surface area contributed by atoms with Gasteiger partial charge in [-0.1, -0.05) is 24.4 Å². The second-order valence-corrected chi connectivity index (χ2v) is 4.96. The van der Waals surface area contributed by atoms with Crippen molar-refractivity contribution in [3.63, 3.8) is 0 Å². The van der Waals surface area contributed by atoms with Crippen LogP contribution in [0.2, 0.25) is 0 Å². The van der Waals surface area contributed by atoms with Gasteiger partial charge in [-0.15, -0.1) is 0 Å². The van der Waals surface area contributed by atoms with E-state index < -0.39 is 0 Å². The van der Waals surface area contributed by atoms with Crippen LogP contribution >= 0.6 is 0 Å². The Labute approximate surface area is 97.6 Å². The molecule has 0 amide bonds. The molecule has 1 fully saturated rings. The molecule has 1 N–H and O–H groups in total. The molecule has 2 rings (SSSR count). The van der Waals surface area contributed by atoms with Crippen LogP contribution in [0.3, 0.4) is 0 Å². The van der Waals surface area contributed by atoms with E-state index in [1.807, 2.05) is 13.8 Å². The topological polar surface area (TPSA) is 38.1 Å². The predicted molar refractivity (Wildman–Crippen MR) is 64.4 cm³/mol. The zero-order valence-corrected chi connectivity index (χ0v) is 10.5. The van der Waals surface area contributed by atoms with Gasteiger partial charge in [-0.05, 0) is 33.6 Å². The summed E-state index contributed by atoms with van der Waals surface area (Å²) in [5, 5.41) is 7.72. The molecule has 0 bridgehead atoms. The van der Waals surface area contributed by atoms with Gasteiger partial charge in [-0.3, -0.25) is 0 Å². The third-order valence-corrected chi connectivity index (χ3v) is 3.61. The zero-order chi connectivity index (χ0) is 11.5. The van der Waals surface area contributed by atoms with Crippen molar-refractivity contribution in [1.29, 1.82) is 0 Å². The van der Waals surface area contributed by atoms with E-state index in [1.165, 1.54) is 37.7 Å². The quantitative estimate of drug-likeness (QED) is 0.853. The number of rotatable bonds is 3. The van der Waals surface area contributed by atoms with Gasteiger partial charge in [0.15, 0.2) is 0 Å². The summed E-state index contributed by atoms with van der Waals surface area (Å²) in [6.45, 7) is 6.22. The van der Waals surface area contributed by atoms with Crippen molar-refractivity contribution in [2.24, 2.45) is 0 Å². The van der Waals surface area contributed by atoms with Crippen LogP contribution < -0.4 is 5.32 Å². The van der Waals surface area contributed by atoms with Gasteiger partial charge in [-0.2, -0.15) is 0 Å². The van der Waals surface area contributed by atoms with Crippen molar-refractivity contribution in [2.45, 2.75) is 65.0 Å². The Morgan fingerprint density at radius 1 is 1.25 bits per heavy atom. The van der Waals surface area contributed by atoms with E-state index >= 15 is 0 Å². The monoisotopic (exact) mass is 222 g/mol. The number of nitrogens with zero attached hydrogens (tertiary/aromatic N) is 1. The lowest BCUT2D eigenvalue weighted by atomic mass is 9.94. The highest BCUT2D eigenvalue weighted by Gasteiger charge is 2.20. The molecule has 1 aliphatic rings.